The van der Waals surface area contributed by atoms with Gasteiger partial charge in [0.1, 0.15) is 4.88 Å². The van der Waals surface area contributed by atoms with Crippen LogP contribution in [0.15, 0.2) is 12.1 Å². The summed E-state index contributed by atoms with van der Waals surface area (Å²) in [6.07, 6.45) is 0.987. The number of carbonyl (C=O) groups excluding carboxylic acids is 1. The first kappa shape index (κ1) is 16.0. The van der Waals surface area contributed by atoms with Gasteiger partial charge in [-0.05, 0) is 25.5 Å². The number of amides is 1. The average Bonchev–Trinajstić information content (AvgIpc) is 2.91. The van der Waals surface area contributed by atoms with Gasteiger partial charge in [-0.15, -0.1) is 11.3 Å². The molecule has 1 aliphatic rings. The molecule has 2 rings (SSSR count). The molecule has 1 N–H and O–H groups in total. The molecular formula is C15H21NO4S. The van der Waals surface area contributed by atoms with E-state index in [1.807, 2.05) is 6.92 Å². The second kappa shape index (κ2) is 5.77. The first-order chi connectivity index (χ1) is 9.78. The van der Waals surface area contributed by atoms with E-state index >= 15 is 0 Å². The topological polar surface area (TPSA) is 66.8 Å². The molecule has 1 aromatic rings. The minimum absolute atomic E-state index is 0.0900. The Kier molecular flexibility index (Phi) is 4.39. The third-order valence-corrected chi connectivity index (χ3v) is 5.37. The van der Waals surface area contributed by atoms with Crippen LogP contribution in [-0.2, 0) is 4.74 Å². The molecule has 1 amide bonds. The molecule has 0 bridgehead atoms. The van der Waals surface area contributed by atoms with Crippen molar-refractivity contribution < 1.29 is 19.4 Å². The van der Waals surface area contributed by atoms with Crippen LogP contribution in [0.1, 0.15) is 46.5 Å². The van der Waals surface area contributed by atoms with Crippen LogP contribution in [0.2, 0.25) is 0 Å². The molecule has 0 radical (unpaired) electrons. The summed E-state index contributed by atoms with van der Waals surface area (Å²) in [5, 5.41) is 8.93. The predicted octanol–water partition coefficient (Wildman–Crippen LogP) is 2.72. The van der Waals surface area contributed by atoms with Crippen LogP contribution in [0.25, 0.3) is 0 Å². The number of carbonyl (C=O) groups is 2. The molecule has 0 spiro atoms. The Morgan fingerprint density at radius 1 is 1.43 bits per heavy atom. The number of hydrogen-bond donors (Lipinski definition) is 1. The van der Waals surface area contributed by atoms with Gasteiger partial charge in [0.25, 0.3) is 5.91 Å². The Morgan fingerprint density at radius 3 is 2.52 bits per heavy atom. The summed E-state index contributed by atoms with van der Waals surface area (Å²) in [7, 11) is 1.77. The maximum Gasteiger partial charge on any atom is 0.345 e. The molecule has 21 heavy (non-hydrogen) atoms. The second-order valence-electron chi connectivity index (χ2n) is 5.90. The third-order valence-electron chi connectivity index (χ3n) is 4.31. The van der Waals surface area contributed by atoms with Crippen molar-refractivity contribution in [3.05, 3.63) is 21.9 Å². The number of carboxylic acids is 1. The van der Waals surface area contributed by atoms with Gasteiger partial charge < -0.3 is 14.7 Å². The highest BCUT2D eigenvalue weighted by Crippen LogP contribution is 2.45. The Morgan fingerprint density at radius 2 is 2.05 bits per heavy atom. The Hall–Kier alpha value is -1.40. The molecule has 1 fully saturated rings. The minimum atomic E-state index is -0.998. The van der Waals surface area contributed by atoms with Crippen molar-refractivity contribution >= 4 is 23.2 Å². The molecule has 5 nitrogen and oxygen atoms in total. The van der Waals surface area contributed by atoms with Crippen molar-refractivity contribution in [1.82, 2.24) is 4.90 Å². The molecule has 0 saturated heterocycles. The van der Waals surface area contributed by atoms with Gasteiger partial charge in [-0.3, -0.25) is 4.79 Å². The lowest BCUT2D eigenvalue weighted by atomic mass is 9.64. The van der Waals surface area contributed by atoms with Crippen LogP contribution in [0.5, 0.6) is 0 Å². The van der Waals surface area contributed by atoms with Crippen molar-refractivity contribution in [2.24, 2.45) is 5.41 Å². The first-order valence-corrected chi connectivity index (χ1v) is 7.82. The first-order valence-electron chi connectivity index (χ1n) is 7.01. The summed E-state index contributed by atoms with van der Waals surface area (Å²) in [4.78, 5) is 25.7. The molecule has 6 heteroatoms. The van der Waals surface area contributed by atoms with Crippen LogP contribution in [0.4, 0.5) is 0 Å². The zero-order chi connectivity index (χ0) is 15.8. The molecule has 1 aliphatic carbocycles. The van der Waals surface area contributed by atoms with Gasteiger partial charge in [0.2, 0.25) is 0 Å². The van der Waals surface area contributed by atoms with Crippen LogP contribution in [-0.4, -0.2) is 47.7 Å². The van der Waals surface area contributed by atoms with Crippen molar-refractivity contribution in [2.75, 3.05) is 13.7 Å². The number of hydrogen-bond acceptors (Lipinski definition) is 4. The summed E-state index contributed by atoms with van der Waals surface area (Å²) in [5.74, 6) is -1.12. The van der Waals surface area contributed by atoms with Gasteiger partial charge in [0.15, 0.2) is 0 Å². The lowest BCUT2D eigenvalue weighted by molar-refractivity contribution is -0.136. The molecule has 116 valence electrons. The van der Waals surface area contributed by atoms with Gasteiger partial charge in [-0.25, -0.2) is 4.79 Å². The van der Waals surface area contributed by atoms with Crippen LogP contribution < -0.4 is 0 Å². The highest BCUT2D eigenvalue weighted by molar-refractivity contribution is 7.15. The number of aromatic carboxylic acids is 1. The van der Waals surface area contributed by atoms with E-state index in [2.05, 4.69) is 13.8 Å². The number of ether oxygens (including phenoxy) is 1. The largest absolute Gasteiger partial charge is 0.477 e. The van der Waals surface area contributed by atoms with Crippen molar-refractivity contribution in [3.8, 4) is 0 Å². The molecule has 1 heterocycles. The lowest BCUT2D eigenvalue weighted by Crippen LogP contribution is -2.62. The smallest absolute Gasteiger partial charge is 0.345 e. The lowest BCUT2D eigenvalue weighted by Gasteiger charge is -2.54. The summed E-state index contributed by atoms with van der Waals surface area (Å²) in [6, 6.07) is 3.17. The standard InChI is InChI=1S/C15H21NO4S/c1-5-20-12-8-11(15(12,2)3)16(4)13(17)9-6-7-10(21-9)14(18)19/h6-7,11-12H,5,8H2,1-4H3,(H,18,19)/t11-,12-/m1/s1. The fraction of sp³-hybridized carbons (Fsp3) is 0.600. The summed E-state index contributed by atoms with van der Waals surface area (Å²) in [6.45, 7) is 6.84. The molecule has 1 saturated carbocycles. The molecule has 0 aliphatic heterocycles. The van der Waals surface area contributed by atoms with Gasteiger partial charge in [0, 0.05) is 25.1 Å². The quantitative estimate of drug-likeness (QED) is 0.908. The number of rotatable bonds is 5. The van der Waals surface area contributed by atoms with Crippen molar-refractivity contribution in [1.29, 1.82) is 0 Å². The number of thiophene rings is 1. The minimum Gasteiger partial charge on any atom is -0.477 e. The molecular weight excluding hydrogens is 290 g/mol. The number of nitrogens with zero attached hydrogens (tertiary/aromatic N) is 1. The summed E-state index contributed by atoms with van der Waals surface area (Å²) < 4.78 is 5.68. The maximum atomic E-state index is 12.5. The van der Waals surface area contributed by atoms with Crippen LogP contribution >= 0.6 is 11.3 Å². The van der Waals surface area contributed by atoms with Crippen LogP contribution in [0, 0.1) is 5.41 Å². The number of carboxylic acid groups (broad SMARTS) is 1. The average molecular weight is 311 g/mol. The van der Waals surface area contributed by atoms with E-state index in [1.54, 1.807) is 18.0 Å². The zero-order valence-corrected chi connectivity index (χ0v) is 13.6. The summed E-state index contributed by atoms with van der Waals surface area (Å²) >= 11 is 1.02. The second-order valence-corrected chi connectivity index (χ2v) is 6.99. The maximum absolute atomic E-state index is 12.5. The SMILES string of the molecule is CCO[C@@H]1C[C@@H](N(C)C(=O)c2ccc(C(=O)O)s2)C1(C)C. The van der Waals surface area contributed by atoms with E-state index in [0.29, 0.717) is 11.5 Å². The van der Waals surface area contributed by atoms with E-state index in [9.17, 15) is 9.59 Å². The van der Waals surface area contributed by atoms with Gasteiger partial charge in [0.05, 0.1) is 11.0 Å². The monoisotopic (exact) mass is 311 g/mol. The highest BCUT2D eigenvalue weighted by Gasteiger charge is 2.51. The fourth-order valence-corrected chi connectivity index (χ4v) is 3.72. The van der Waals surface area contributed by atoms with E-state index in [0.717, 1.165) is 17.8 Å². The Balaban J connectivity index is 2.08. The molecule has 0 aromatic carbocycles. The third kappa shape index (κ3) is 2.82. The van der Waals surface area contributed by atoms with E-state index in [-0.39, 0.29) is 28.3 Å². The molecule has 0 unspecified atom stereocenters. The van der Waals surface area contributed by atoms with E-state index in [4.69, 9.17) is 9.84 Å². The summed E-state index contributed by atoms with van der Waals surface area (Å²) in [5.41, 5.74) is -0.0900. The fourth-order valence-electron chi connectivity index (χ4n) is 2.89. The van der Waals surface area contributed by atoms with Crippen LogP contribution in [0.3, 0.4) is 0 Å². The highest BCUT2D eigenvalue weighted by atomic mass is 32.1. The normalized spacial score (nSPS) is 23.4. The van der Waals surface area contributed by atoms with Gasteiger partial charge in [-0.1, -0.05) is 13.8 Å². The van der Waals surface area contributed by atoms with Crippen molar-refractivity contribution in [3.63, 3.8) is 0 Å². The molecule has 2 atom stereocenters. The predicted molar refractivity (Wildman–Crippen MR) is 81.0 cm³/mol. The Labute approximate surface area is 128 Å². The zero-order valence-electron chi connectivity index (χ0n) is 12.8. The van der Waals surface area contributed by atoms with Crippen molar-refractivity contribution in [2.45, 2.75) is 39.3 Å². The van der Waals surface area contributed by atoms with E-state index in [1.165, 1.54) is 6.07 Å². The van der Waals surface area contributed by atoms with Gasteiger partial charge in [-0.2, -0.15) is 0 Å². The molecule has 1 aromatic heterocycles. The Bertz CT molecular complexity index is 552. The van der Waals surface area contributed by atoms with Gasteiger partial charge >= 0.3 is 5.97 Å². The van der Waals surface area contributed by atoms with E-state index < -0.39 is 5.97 Å².